The highest BCUT2D eigenvalue weighted by Crippen LogP contribution is 2.12. The number of amides is 1. The second-order valence-corrected chi connectivity index (χ2v) is 7.36. The van der Waals surface area contributed by atoms with E-state index in [0.29, 0.717) is 6.54 Å². The molecule has 0 aromatic carbocycles. The normalized spacial score (nSPS) is 18.1. The summed E-state index contributed by atoms with van der Waals surface area (Å²) in [5.74, 6) is -0.0764. The number of hydrogen-bond donors (Lipinski definition) is 2. The van der Waals surface area contributed by atoms with Gasteiger partial charge >= 0.3 is 0 Å². The number of unbranched alkanes of at least 4 members (excludes halogenated alkanes) is 2. The van der Waals surface area contributed by atoms with Gasteiger partial charge in [-0.1, -0.05) is 19.8 Å². The third-order valence-corrected chi connectivity index (χ3v) is 5.55. The molecule has 1 saturated heterocycles. The summed E-state index contributed by atoms with van der Waals surface area (Å²) < 4.78 is 24.0. The quantitative estimate of drug-likeness (QED) is 0.626. The molecule has 0 spiro atoms. The Bertz CT molecular complexity index is 364. The van der Waals surface area contributed by atoms with Gasteiger partial charge in [-0.25, -0.2) is 8.42 Å². The van der Waals surface area contributed by atoms with Crippen molar-refractivity contribution in [2.45, 2.75) is 38.4 Å². The summed E-state index contributed by atoms with van der Waals surface area (Å²) >= 11 is 0. The van der Waals surface area contributed by atoms with E-state index in [9.17, 15) is 13.2 Å². The molecule has 1 aliphatic rings. The first-order chi connectivity index (χ1) is 8.47. The molecule has 1 amide bonds. The molecular weight excluding hydrogens is 252 g/mol. The monoisotopic (exact) mass is 276 g/mol. The molecule has 1 rings (SSSR count). The van der Waals surface area contributed by atoms with Crippen molar-refractivity contribution in [1.82, 2.24) is 10.6 Å². The van der Waals surface area contributed by atoms with Crippen LogP contribution in [0, 0.1) is 5.92 Å². The first-order valence-corrected chi connectivity index (χ1v) is 8.39. The van der Waals surface area contributed by atoms with Gasteiger partial charge in [0.1, 0.15) is 5.25 Å². The van der Waals surface area contributed by atoms with E-state index in [4.69, 9.17) is 0 Å². The molecule has 18 heavy (non-hydrogen) atoms. The number of carbonyl (C=O) groups is 1. The van der Waals surface area contributed by atoms with Gasteiger partial charge in [-0.3, -0.25) is 4.79 Å². The zero-order valence-electron chi connectivity index (χ0n) is 11.2. The molecule has 106 valence electrons. The van der Waals surface area contributed by atoms with Crippen LogP contribution in [0.4, 0.5) is 0 Å². The molecule has 0 aromatic heterocycles. The Morgan fingerprint density at radius 3 is 2.56 bits per heavy atom. The fraction of sp³-hybridized carbons (Fsp3) is 0.917. The van der Waals surface area contributed by atoms with Gasteiger partial charge in [0.2, 0.25) is 5.91 Å². The van der Waals surface area contributed by atoms with Crippen molar-refractivity contribution < 1.29 is 13.2 Å². The molecular formula is C12H24N2O3S. The van der Waals surface area contributed by atoms with Gasteiger partial charge in [-0.2, -0.15) is 0 Å². The lowest BCUT2D eigenvalue weighted by Gasteiger charge is -2.27. The van der Waals surface area contributed by atoms with Crippen molar-refractivity contribution >= 4 is 15.7 Å². The molecule has 1 atom stereocenters. The van der Waals surface area contributed by atoms with Gasteiger partial charge in [0.05, 0.1) is 5.75 Å². The van der Waals surface area contributed by atoms with Crippen LogP contribution in [0.15, 0.2) is 0 Å². The van der Waals surface area contributed by atoms with E-state index >= 15 is 0 Å². The second kappa shape index (κ2) is 7.09. The van der Waals surface area contributed by atoms with E-state index in [1.807, 2.05) is 0 Å². The SMILES string of the molecule is CCCCCNC(=O)C(C)S(=O)(=O)CC1CNC1. The Morgan fingerprint density at radius 2 is 2.06 bits per heavy atom. The Hall–Kier alpha value is -0.620. The summed E-state index contributed by atoms with van der Waals surface area (Å²) in [6.07, 6.45) is 3.04. The average molecular weight is 276 g/mol. The minimum Gasteiger partial charge on any atom is -0.355 e. The number of carbonyl (C=O) groups excluding carboxylic acids is 1. The molecule has 2 N–H and O–H groups in total. The largest absolute Gasteiger partial charge is 0.355 e. The summed E-state index contributed by atoms with van der Waals surface area (Å²) in [5, 5.41) is 4.80. The smallest absolute Gasteiger partial charge is 0.238 e. The van der Waals surface area contributed by atoms with Crippen molar-refractivity contribution in [1.29, 1.82) is 0 Å². The molecule has 1 unspecified atom stereocenters. The van der Waals surface area contributed by atoms with Crippen LogP contribution in [-0.4, -0.2) is 45.0 Å². The lowest BCUT2D eigenvalue weighted by molar-refractivity contribution is -0.120. The maximum Gasteiger partial charge on any atom is 0.238 e. The van der Waals surface area contributed by atoms with Gasteiger partial charge in [0.25, 0.3) is 0 Å². The predicted octanol–water partition coefficient (Wildman–Crippen LogP) is 0.316. The summed E-state index contributed by atoms with van der Waals surface area (Å²) in [6, 6.07) is 0. The summed E-state index contributed by atoms with van der Waals surface area (Å²) in [6.45, 7) is 5.61. The Labute approximate surface area is 110 Å². The molecule has 0 saturated carbocycles. The highest BCUT2D eigenvalue weighted by atomic mass is 32.2. The van der Waals surface area contributed by atoms with Crippen LogP contribution in [0.25, 0.3) is 0 Å². The van der Waals surface area contributed by atoms with Crippen molar-refractivity contribution in [3.8, 4) is 0 Å². The van der Waals surface area contributed by atoms with Crippen molar-refractivity contribution in [3.63, 3.8) is 0 Å². The summed E-state index contributed by atoms with van der Waals surface area (Å²) in [5.41, 5.74) is 0. The molecule has 0 aromatic rings. The number of nitrogens with one attached hydrogen (secondary N) is 2. The third-order valence-electron chi connectivity index (χ3n) is 3.32. The highest BCUT2D eigenvalue weighted by Gasteiger charge is 2.32. The zero-order chi connectivity index (χ0) is 13.6. The van der Waals surface area contributed by atoms with E-state index in [0.717, 1.165) is 32.4 Å². The van der Waals surface area contributed by atoms with Crippen LogP contribution in [0.3, 0.4) is 0 Å². The topological polar surface area (TPSA) is 75.3 Å². The maximum atomic E-state index is 12.0. The molecule has 0 aliphatic carbocycles. The molecule has 5 nitrogen and oxygen atoms in total. The Balaban J connectivity index is 2.36. The van der Waals surface area contributed by atoms with E-state index in [-0.39, 0.29) is 17.6 Å². The van der Waals surface area contributed by atoms with E-state index in [1.54, 1.807) is 0 Å². The van der Waals surface area contributed by atoms with E-state index in [1.165, 1.54) is 6.92 Å². The third kappa shape index (κ3) is 4.57. The Kier molecular flexibility index (Phi) is 6.08. The number of hydrogen-bond acceptors (Lipinski definition) is 4. The molecule has 1 aliphatic heterocycles. The number of rotatable bonds is 8. The van der Waals surface area contributed by atoms with Crippen molar-refractivity contribution in [2.75, 3.05) is 25.4 Å². The molecule has 0 radical (unpaired) electrons. The molecule has 6 heteroatoms. The van der Waals surface area contributed by atoms with Crippen LogP contribution < -0.4 is 10.6 Å². The van der Waals surface area contributed by atoms with Gasteiger partial charge in [0.15, 0.2) is 9.84 Å². The molecule has 1 heterocycles. The second-order valence-electron chi connectivity index (χ2n) is 4.99. The van der Waals surface area contributed by atoms with Crippen LogP contribution in [0.1, 0.15) is 33.1 Å². The van der Waals surface area contributed by atoms with Crippen LogP contribution in [-0.2, 0) is 14.6 Å². The first kappa shape index (κ1) is 15.4. The average Bonchev–Trinajstić information content (AvgIpc) is 2.28. The Morgan fingerprint density at radius 1 is 1.39 bits per heavy atom. The van der Waals surface area contributed by atoms with Crippen molar-refractivity contribution in [3.05, 3.63) is 0 Å². The van der Waals surface area contributed by atoms with E-state index < -0.39 is 15.1 Å². The van der Waals surface area contributed by atoms with Crippen LogP contribution >= 0.6 is 0 Å². The highest BCUT2D eigenvalue weighted by molar-refractivity contribution is 7.92. The van der Waals surface area contributed by atoms with Gasteiger partial charge in [-0.15, -0.1) is 0 Å². The summed E-state index contributed by atoms with van der Waals surface area (Å²) in [7, 11) is -3.31. The van der Waals surface area contributed by atoms with E-state index in [2.05, 4.69) is 17.6 Å². The van der Waals surface area contributed by atoms with Gasteiger partial charge in [-0.05, 0) is 19.3 Å². The lowest BCUT2D eigenvalue weighted by atomic mass is 10.1. The minimum atomic E-state index is -3.31. The van der Waals surface area contributed by atoms with Crippen LogP contribution in [0.5, 0.6) is 0 Å². The standard InChI is InChI=1S/C12H24N2O3S/c1-3-4-5-6-14-12(15)10(2)18(16,17)9-11-7-13-8-11/h10-11,13H,3-9H2,1-2H3,(H,14,15). The van der Waals surface area contributed by atoms with Gasteiger partial charge in [0, 0.05) is 19.6 Å². The van der Waals surface area contributed by atoms with Gasteiger partial charge < -0.3 is 10.6 Å². The first-order valence-electron chi connectivity index (χ1n) is 6.67. The predicted molar refractivity (Wildman–Crippen MR) is 72.1 cm³/mol. The lowest BCUT2D eigenvalue weighted by Crippen LogP contribution is -2.48. The summed E-state index contributed by atoms with van der Waals surface area (Å²) in [4.78, 5) is 11.7. The minimum absolute atomic E-state index is 0.115. The molecule has 0 bridgehead atoms. The zero-order valence-corrected chi connectivity index (χ0v) is 12.1. The maximum absolute atomic E-state index is 12.0. The fourth-order valence-electron chi connectivity index (χ4n) is 1.83. The fourth-order valence-corrected chi connectivity index (χ4v) is 3.42. The van der Waals surface area contributed by atoms with Crippen molar-refractivity contribution in [2.24, 2.45) is 5.92 Å². The number of sulfone groups is 1. The molecule has 1 fully saturated rings. The van der Waals surface area contributed by atoms with Crippen LogP contribution in [0.2, 0.25) is 0 Å².